The Hall–Kier alpha value is -1.42. The molecule has 3 rings (SSSR count). The second kappa shape index (κ2) is 6.56. The predicted molar refractivity (Wildman–Crippen MR) is 87.3 cm³/mol. The van der Waals surface area contributed by atoms with Crippen LogP contribution in [0.2, 0.25) is 0 Å². The molecule has 3 heteroatoms. The molecule has 2 aromatic rings. The smallest absolute Gasteiger partial charge is 0.0480 e. The molecule has 112 valence electrons. The van der Waals surface area contributed by atoms with Crippen LogP contribution in [0.25, 0.3) is 10.8 Å². The molecule has 0 aromatic heterocycles. The standard InChI is InChI=1S/C18H24N2O/c1-20(15-9-11-21-12-10-15)18(13-19)17-8-4-6-14-5-2-3-7-16(14)17/h2-8,15,18H,9-13,19H2,1H3. The summed E-state index contributed by atoms with van der Waals surface area (Å²) in [7, 11) is 2.20. The molecule has 3 nitrogen and oxygen atoms in total. The van der Waals surface area contributed by atoms with Crippen molar-refractivity contribution in [3.8, 4) is 0 Å². The summed E-state index contributed by atoms with van der Waals surface area (Å²) in [5.41, 5.74) is 7.47. The van der Waals surface area contributed by atoms with Crippen molar-refractivity contribution in [2.75, 3.05) is 26.8 Å². The molecule has 0 radical (unpaired) electrons. The third kappa shape index (κ3) is 2.95. The van der Waals surface area contributed by atoms with Gasteiger partial charge in [0.25, 0.3) is 0 Å². The first-order chi connectivity index (χ1) is 10.3. The van der Waals surface area contributed by atoms with E-state index in [1.54, 1.807) is 0 Å². The van der Waals surface area contributed by atoms with E-state index in [-0.39, 0.29) is 6.04 Å². The van der Waals surface area contributed by atoms with Crippen molar-refractivity contribution in [3.05, 3.63) is 48.0 Å². The molecule has 0 amide bonds. The van der Waals surface area contributed by atoms with Crippen LogP contribution in [0.4, 0.5) is 0 Å². The van der Waals surface area contributed by atoms with Crippen molar-refractivity contribution >= 4 is 10.8 Å². The van der Waals surface area contributed by atoms with Gasteiger partial charge in [-0.25, -0.2) is 0 Å². The molecule has 0 spiro atoms. The predicted octanol–water partition coefficient (Wildman–Crippen LogP) is 2.95. The molecule has 2 N–H and O–H groups in total. The number of hydrogen-bond donors (Lipinski definition) is 1. The summed E-state index contributed by atoms with van der Waals surface area (Å²) in [5, 5.41) is 2.60. The molecule has 1 aliphatic rings. The van der Waals surface area contributed by atoms with Crippen LogP contribution in [0.15, 0.2) is 42.5 Å². The van der Waals surface area contributed by atoms with E-state index in [1.807, 2.05) is 0 Å². The SMILES string of the molecule is CN(C1CCOCC1)C(CN)c1cccc2ccccc12. The molecule has 1 heterocycles. The molecular formula is C18H24N2O. The van der Waals surface area contributed by atoms with E-state index in [2.05, 4.69) is 54.4 Å². The molecule has 1 unspecified atom stereocenters. The van der Waals surface area contributed by atoms with Gasteiger partial charge in [-0.3, -0.25) is 4.90 Å². The minimum Gasteiger partial charge on any atom is -0.381 e. The number of benzene rings is 2. The number of rotatable bonds is 4. The number of fused-ring (bicyclic) bond motifs is 1. The topological polar surface area (TPSA) is 38.5 Å². The van der Waals surface area contributed by atoms with Gasteiger partial charge in [0.1, 0.15) is 0 Å². The maximum absolute atomic E-state index is 6.13. The van der Waals surface area contributed by atoms with Gasteiger partial charge in [-0.15, -0.1) is 0 Å². The Balaban J connectivity index is 1.94. The van der Waals surface area contributed by atoms with Crippen LogP contribution >= 0.6 is 0 Å². The highest BCUT2D eigenvalue weighted by molar-refractivity contribution is 5.86. The van der Waals surface area contributed by atoms with Gasteiger partial charge in [0, 0.05) is 31.8 Å². The zero-order valence-corrected chi connectivity index (χ0v) is 12.7. The molecule has 1 atom stereocenters. The van der Waals surface area contributed by atoms with Crippen molar-refractivity contribution in [1.29, 1.82) is 0 Å². The third-order valence-corrected chi connectivity index (χ3v) is 4.66. The highest BCUT2D eigenvalue weighted by Gasteiger charge is 2.25. The summed E-state index contributed by atoms with van der Waals surface area (Å²) in [4.78, 5) is 2.45. The van der Waals surface area contributed by atoms with Crippen LogP contribution in [0.1, 0.15) is 24.4 Å². The molecule has 2 aromatic carbocycles. The molecule has 0 aliphatic carbocycles. The highest BCUT2D eigenvalue weighted by Crippen LogP contribution is 2.30. The Morgan fingerprint density at radius 1 is 1.14 bits per heavy atom. The van der Waals surface area contributed by atoms with Crippen LogP contribution < -0.4 is 5.73 Å². The lowest BCUT2D eigenvalue weighted by Gasteiger charge is -2.37. The van der Waals surface area contributed by atoms with Crippen molar-refractivity contribution in [2.24, 2.45) is 5.73 Å². The normalized spacial score (nSPS) is 18.2. The van der Waals surface area contributed by atoms with Crippen LogP contribution in [0.3, 0.4) is 0 Å². The van der Waals surface area contributed by atoms with Gasteiger partial charge in [-0.1, -0.05) is 42.5 Å². The zero-order chi connectivity index (χ0) is 14.7. The van der Waals surface area contributed by atoms with E-state index in [9.17, 15) is 0 Å². The van der Waals surface area contributed by atoms with Gasteiger partial charge in [0.2, 0.25) is 0 Å². The Kier molecular flexibility index (Phi) is 4.54. The maximum atomic E-state index is 6.13. The molecule has 1 fully saturated rings. The van der Waals surface area contributed by atoms with Crippen LogP contribution in [-0.4, -0.2) is 37.7 Å². The highest BCUT2D eigenvalue weighted by atomic mass is 16.5. The van der Waals surface area contributed by atoms with Gasteiger partial charge in [-0.05, 0) is 36.2 Å². The Morgan fingerprint density at radius 3 is 2.62 bits per heavy atom. The molecule has 1 saturated heterocycles. The van der Waals surface area contributed by atoms with E-state index in [0.717, 1.165) is 26.1 Å². The lowest BCUT2D eigenvalue weighted by Crippen LogP contribution is -2.41. The molecular weight excluding hydrogens is 260 g/mol. The Labute approximate surface area is 126 Å². The van der Waals surface area contributed by atoms with E-state index < -0.39 is 0 Å². The number of nitrogens with zero attached hydrogens (tertiary/aromatic N) is 1. The largest absolute Gasteiger partial charge is 0.381 e. The average Bonchev–Trinajstić information content (AvgIpc) is 2.56. The summed E-state index contributed by atoms with van der Waals surface area (Å²) in [6.07, 6.45) is 2.19. The summed E-state index contributed by atoms with van der Waals surface area (Å²) in [5.74, 6) is 0. The fraction of sp³-hybridized carbons (Fsp3) is 0.444. The second-order valence-corrected chi connectivity index (χ2v) is 5.83. The first kappa shape index (κ1) is 14.5. The van der Waals surface area contributed by atoms with Crippen LogP contribution in [0, 0.1) is 0 Å². The zero-order valence-electron chi connectivity index (χ0n) is 12.7. The fourth-order valence-electron chi connectivity index (χ4n) is 3.40. The van der Waals surface area contributed by atoms with E-state index in [0.29, 0.717) is 12.6 Å². The van der Waals surface area contributed by atoms with E-state index in [4.69, 9.17) is 10.5 Å². The Bertz CT molecular complexity index is 587. The summed E-state index contributed by atoms with van der Waals surface area (Å²) in [6, 6.07) is 15.9. The number of ether oxygens (including phenoxy) is 1. The van der Waals surface area contributed by atoms with Gasteiger partial charge >= 0.3 is 0 Å². The van der Waals surface area contributed by atoms with Crippen LogP contribution in [-0.2, 0) is 4.74 Å². The summed E-state index contributed by atoms with van der Waals surface area (Å²) < 4.78 is 5.48. The van der Waals surface area contributed by atoms with Crippen molar-refractivity contribution in [2.45, 2.75) is 24.9 Å². The van der Waals surface area contributed by atoms with E-state index in [1.165, 1.54) is 16.3 Å². The maximum Gasteiger partial charge on any atom is 0.0480 e. The molecule has 21 heavy (non-hydrogen) atoms. The van der Waals surface area contributed by atoms with Crippen LogP contribution in [0.5, 0.6) is 0 Å². The van der Waals surface area contributed by atoms with Gasteiger partial charge in [0.15, 0.2) is 0 Å². The van der Waals surface area contributed by atoms with Crippen molar-refractivity contribution in [1.82, 2.24) is 4.90 Å². The quantitative estimate of drug-likeness (QED) is 0.938. The van der Waals surface area contributed by atoms with Crippen molar-refractivity contribution < 1.29 is 4.74 Å². The van der Waals surface area contributed by atoms with Gasteiger partial charge < -0.3 is 10.5 Å². The molecule has 0 bridgehead atoms. The van der Waals surface area contributed by atoms with Crippen molar-refractivity contribution in [3.63, 3.8) is 0 Å². The second-order valence-electron chi connectivity index (χ2n) is 5.83. The third-order valence-electron chi connectivity index (χ3n) is 4.66. The fourth-order valence-corrected chi connectivity index (χ4v) is 3.40. The molecule has 0 saturated carbocycles. The van der Waals surface area contributed by atoms with Gasteiger partial charge in [0.05, 0.1) is 0 Å². The lowest BCUT2D eigenvalue weighted by molar-refractivity contribution is 0.0296. The molecule has 1 aliphatic heterocycles. The monoisotopic (exact) mass is 284 g/mol. The summed E-state index contributed by atoms with van der Waals surface area (Å²) >= 11 is 0. The number of nitrogens with two attached hydrogens (primary N) is 1. The minimum absolute atomic E-state index is 0.263. The number of likely N-dealkylation sites (N-methyl/N-ethyl adjacent to an activating group) is 1. The minimum atomic E-state index is 0.263. The summed E-state index contributed by atoms with van der Waals surface area (Å²) in [6.45, 7) is 2.37. The first-order valence-corrected chi connectivity index (χ1v) is 7.78. The average molecular weight is 284 g/mol. The van der Waals surface area contributed by atoms with E-state index >= 15 is 0 Å². The first-order valence-electron chi connectivity index (χ1n) is 7.78. The van der Waals surface area contributed by atoms with Gasteiger partial charge in [-0.2, -0.15) is 0 Å². The lowest BCUT2D eigenvalue weighted by atomic mass is 9.95. The number of hydrogen-bond acceptors (Lipinski definition) is 3. The Morgan fingerprint density at radius 2 is 1.86 bits per heavy atom.